The number of rotatable bonds is 0. The first-order valence-corrected chi connectivity index (χ1v) is 4.06. The van der Waals surface area contributed by atoms with Gasteiger partial charge in [-0.1, -0.05) is 0 Å². The molecular weight excluding hydrogens is 142 g/mol. The Morgan fingerprint density at radius 3 is 2.55 bits per heavy atom. The zero-order valence-electron chi connectivity index (χ0n) is 7.37. The molecule has 1 heterocycles. The van der Waals surface area contributed by atoms with Crippen molar-refractivity contribution in [2.75, 3.05) is 0 Å². The van der Waals surface area contributed by atoms with Crippen LogP contribution in [0.4, 0.5) is 0 Å². The first kappa shape index (κ1) is 8.97. The van der Waals surface area contributed by atoms with Gasteiger partial charge in [0.05, 0.1) is 18.3 Å². The Bertz CT molecular complexity index is 147. The predicted octanol–water partition coefficient (Wildman–Crippen LogP) is 0.262. The fourth-order valence-corrected chi connectivity index (χ4v) is 1.77. The Morgan fingerprint density at radius 1 is 1.55 bits per heavy atom. The Labute approximate surface area is 67.5 Å². The first-order chi connectivity index (χ1) is 4.93. The summed E-state index contributed by atoms with van der Waals surface area (Å²) >= 11 is 0. The highest BCUT2D eigenvalue weighted by Gasteiger charge is 2.39. The van der Waals surface area contributed by atoms with Gasteiger partial charge in [-0.05, 0) is 27.2 Å². The summed E-state index contributed by atoms with van der Waals surface area (Å²) in [6, 6.07) is 0. The van der Waals surface area contributed by atoms with E-state index in [1.54, 1.807) is 0 Å². The SMILES string of the molecule is C[C@@H]1O[C@@H](C)CC(C)(N)[C@@H]1O. The van der Waals surface area contributed by atoms with Gasteiger partial charge >= 0.3 is 0 Å². The molecule has 0 saturated carbocycles. The van der Waals surface area contributed by atoms with Crippen molar-refractivity contribution in [2.45, 2.75) is 51.0 Å². The van der Waals surface area contributed by atoms with E-state index < -0.39 is 11.6 Å². The fraction of sp³-hybridized carbons (Fsp3) is 1.00. The molecule has 0 bridgehead atoms. The van der Waals surface area contributed by atoms with Gasteiger partial charge < -0.3 is 15.6 Å². The summed E-state index contributed by atoms with van der Waals surface area (Å²) in [4.78, 5) is 0. The molecule has 1 fully saturated rings. The topological polar surface area (TPSA) is 55.5 Å². The van der Waals surface area contributed by atoms with Crippen LogP contribution in [0.25, 0.3) is 0 Å². The van der Waals surface area contributed by atoms with Crippen molar-refractivity contribution in [1.82, 2.24) is 0 Å². The van der Waals surface area contributed by atoms with Crippen LogP contribution in [0.2, 0.25) is 0 Å². The summed E-state index contributed by atoms with van der Waals surface area (Å²) in [5, 5.41) is 9.57. The van der Waals surface area contributed by atoms with Gasteiger partial charge in [-0.3, -0.25) is 0 Å². The van der Waals surface area contributed by atoms with Crippen molar-refractivity contribution >= 4 is 0 Å². The lowest BCUT2D eigenvalue weighted by atomic mass is 9.84. The molecule has 4 atom stereocenters. The molecule has 0 aromatic carbocycles. The van der Waals surface area contributed by atoms with Gasteiger partial charge in [0, 0.05) is 5.54 Å². The monoisotopic (exact) mass is 159 g/mol. The molecule has 1 aliphatic heterocycles. The van der Waals surface area contributed by atoms with Crippen molar-refractivity contribution < 1.29 is 9.84 Å². The highest BCUT2D eigenvalue weighted by atomic mass is 16.5. The highest BCUT2D eigenvalue weighted by Crippen LogP contribution is 2.26. The number of aliphatic hydroxyl groups is 1. The predicted molar refractivity (Wildman–Crippen MR) is 43.2 cm³/mol. The van der Waals surface area contributed by atoms with Gasteiger partial charge in [0.25, 0.3) is 0 Å². The third kappa shape index (κ3) is 1.72. The largest absolute Gasteiger partial charge is 0.389 e. The number of ether oxygens (including phenoxy) is 1. The Hall–Kier alpha value is -0.120. The van der Waals surface area contributed by atoms with Crippen LogP contribution in [0, 0.1) is 0 Å². The van der Waals surface area contributed by atoms with Gasteiger partial charge in [-0.2, -0.15) is 0 Å². The molecule has 3 N–H and O–H groups in total. The van der Waals surface area contributed by atoms with Crippen LogP contribution in [-0.4, -0.2) is 29.0 Å². The van der Waals surface area contributed by atoms with Crippen molar-refractivity contribution in [2.24, 2.45) is 5.73 Å². The molecule has 66 valence electrons. The van der Waals surface area contributed by atoms with E-state index in [9.17, 15) is 5.11 Å². The lowest BCUT2D eigenvalue weighted by molar-refractivity contribution is -0.135. The quantitative estimate of drug-likeness (QED) is 0.533. The highest BCUT2D eigenvalue weighted by molar-refractivity contribution is 4.95. The van der Waals surface area contributed by atoms with Crippen LogP contribution in [0.3, 0.4) is 0 Å². The summed E-state index contributed by atoms with van der Waals surface area (Å²) < 4.78 is 5.40. The van der Waals surface area contributed by atoms with Gasteiger partial charge in [0.15, 0.2) is 0 Å². The Morgan fingerprint density at radius 2 is 2.09 bits per heavy atom. The molecule has 1 rings (SSSR count). The smallest absolute Gasteiger partial charge is 0.0976 e. The van der Waals surface area contributed by atoms with Gasteiger partial charge in [-0.15, -0.1) is 0 Å². The van der Waals surface area contributed by atoms with Crippen molar-refractivity contribution in [1.29, 1.82) is 0 Å². The normalized spacial score (nSPS) is 52.6. The van der Waals surface area contributed by atoms with E-state index in [1.807, 2.05) is 20.8 Å². The van der Waals surface area contributed by atoms with Crippen molar-refractivity contribution in [3.05, 3.63) is 0 Å². The van der Waals surface area contributed by atoms with Gasteiger partial charge in [0.2, 0.25) is 0 Å². The summed E-state index contributed by atoms with van der Waals surface area (Å²) in [5.41, 5.74) is 5.38. The number of hydrogen-bond donors (Lipinski definition) is 2. The summed E-state index contributed by atoms with van der Waals surface area (Å²) in [7, 11) is 0. The Balaban J connectivity index is 2.67. The maximum atomic E-state index is 9.57. The average molecular weight is 159 g/mol. The van der Waals surface area contributed by atoms with Crippen molar-refractivity contribution in [3.63, 3.8) is 0 Å². The first-order valence-electron chi connectivity index (χ1n) is 4.06. The molecular formula is C8H17NO2. The second-order valence-corrected chi connectivity index (χ2v) is 3.81. The van der Waals surface area contributed by atoms with Crippen LogP contribution in [0.1, 0.15) is 27.2 Å². The molecule has 3 heteroatoms. The van der Waals surface area contributed by atoms with Gasteiger partial charge in [0.1, 0.15) is 0 Å². The Kier molecular flexibility index (Phi) is 2.23. The van der Waals surface area contributed by atoms with E-state index in [1.165, 1.54) is 0 Å². The van der Waals surface area contributed by atoms with E-state index >= 15 is 0 Å². The lowest BCUT2D eigenvalue weighted by Gasteiger charge is -2.42. The third-order valence-corrected chi connectivity index (χ3v) is 2.29. The van der Waals surface area contributed by atoms with E-state index in [0.717, 1.165) is 6.42 Å². The minimum Gasteiger partial charge on any atom is -0.389 e. The number of aliphatic hydroxyl groups excluding tert-OH is 1. The molecule has 1 unspecified atom stereocenters. The van der Waals surface area contributed by atoms with Crippen LogP contribution >= 0.6 is 0 Å². The minimum atomic E-state index is -0.543. The molecule has 0 aromatic rings. The third-order valence-electron chi connectivity index (χ3n) is 2.29. The fourth-order valence-electron chi connectivity index (χ4n) is 1.77. The van der Waals surface area contributed by atoms with E-state index in [0.29, 0.717) is 0 Å². The van der Waals surface area contributed by atoms with Crippen LogP contribution < -0.4 is 5.73 Å². The van der Waals surface area contributed by atoms with Crippen molar-refractivity contribution in [3.8, 4) is 0 Å². The summed E-state index contributed by atoms with van der Waals surface area (Å²) in [5.74, 6) is 0. The van der Waals surface area contributed by atoms with Gasteiger partial charge in [-0.25, -0.2) is 0 Å². The average Bonchev–Trinajstić information content (AvgIpc) is 1.81. The molecule has 0 amide bonds. The second kappa shape index (κ2) is 2.73. The molecule has 0 radical (unpaired) electrons. The zero-order valence-corrected chi connectivity index (χ0v) is 7.37. The van der Waals surface area contributed by atoms with Crippen LogP contribution in [0.15, 0.2) is 0 Å². The number of hydrogen-bond acceptors (Lipinski definition) is 3. The molecule has 0 aromatic heterocycles. The number of nitrogens with two attached hydrogens (primary N) is 1. The van der Waals surface area contributed by atoms with E-state index in [-0.39, 0.29) is 12.2 Å². The molecule has 1 aliphatic rings. The zero-order chi connectivity index (χ0) is 8.65. The van der Waals surface area contributed by atoms with Crippen LogP contribution in [0.5, 0.6) is 0 Å². The molecule has 0 aliphatic carbocycles. The molecule has 11 heavy (non-hydrogen) atoms. The maximum Gasteiger partial charge on any atom is 0.0976 e. The lowest BCUT2D eigenvalue weighted by Crippen LogP contribution is -2.59. The van der Waals surface area contributed by atoms with Crippen LogP contribution in [-0.2, 0) is 4.74 Å². The standard InChI is InChI=1S/C8H17NO2/c1-5-4-8(3,9)7(10)6(2)11-5/h5-7,10H,4,9H2,1-3H3/t5-,6-,7+,8?/m0/s1. The minimum absolute atomic E-state index is 0.145. The molecule has 1 saturated heterocycles. The molecule has 3 nitrogen and oxygen atoms in total. The second-order valence-electron chi connectivity index (χ2n) is 3.81. The summed E-state index contributed by atoms with van der Waals surface area (Å²) in [6.45, 7) is 5.70. The van der Waals surface area contributed by atoms with E-state index in [2.05, 4.69) is 0 Å². The maximum absolute atomic E-state index is 9.57. The summed E-state index contributed by atoms with van der Waals surface area (Å²) in [6.07, 6.45) is 0.189. The van der Waals surface area contributed by atoms with E-state index in [4.69, 9.17) is 10.5 Å². The molecule has 0 spiro atoms.